The van der Waals surface area contributed by atoms with Crippen LogP contribution in [0.5, 0.6) is 0 Å². The van der Waals surface area contributed by atoms with Gasteiger partial charge in [-0.25, -0.2) is 0 Å². The summed E-state index contributed by atoms with van der Waals surface area (Å²) in [5.74, 6) is -1.82. The minimum atomic E-state index is -0.757. The van der Waals surface area contributed by atoms with Gasteiger partial charge in [-0.15, -0.1) is 18.3 Å². The zero-order valence-corrected chi connectivity index (χ0v) is 23.0. The maximum absolute atomic E-state index is 14.4. The molecule has 8 heteroatoms. The monoisotopic (exact) mass is 528 g/mol. The molecule has 0 aliphatic carbocycles. The van der Waals surface area contributed by atoms with Crippen molar-refractivity contribution in [2.24, 2.45) is 17.8 Å². The molecule has 3 aliphatic heterocycles. The predicted octanol–water partition coefficient (Wildman–Crippen LogP) is 3.31. The summed E-state index contributed by atoms with van der Waals surface area (Å²) >= 11 is 1.64. The van der Waals surface area contributed by atoms with Crippen LogP contribution in [0, 0.1) is 17.8 Å². The minimum absolute atomic E-state index is 0.0503. The first kappa shape index (κ1) is 27.7. The van der Waals surface area contributed by atoms with E-state index in [1.54, 1.807) is 34.6 Å². The Bertz CT molecular complexity index is 1000. The third-order valence-electron chi connectivity index (χ3n) is 8.34. The van der Waals surface area contributed by atoms with Gasteiger partial charge in [0.05, 0.1) is 35.8 Å². The molecule has 7 atom stereocenters. The Morgan fingerprint density at radius 3 is 2.68 bits per heavy atom. The fourth-order valence-electron chi connectivity index (χ4n) is 6.75. The first-order valence-corrected chi connectivity index (χ1v) is 14.4. The Morgan fingerprint density at radius 1 is 1.32 bits per heavy atom. The molecule has 1 spiro atoms. The average molecular weight is 529 g/mol. The molecule has 37 heavy (non-hydrogen) atoms. The summed E-state index contributed by atoms with van der Waals surface area (Å²) in [6, 6.07) is 8.39. The highest BCUT2D eigenvalue weighted by atomic mass is 32.2. The van der Waals surface area contributed by atoms with Crippen LogP contribution in [0.4, 0.5) is 0 Å². The van der Waals surface area contributed by atoms with Gasteiger partial charge in [-0.2, -0.15) is 0 Å². The number of unbranched alkanes of at least 4 members (excludes halogenated alkanes) is 1. The van der Waals surface area contributed by atoms with Crippen molar-refractivity contribution in [3.63, 3.8) is 0 Å². The molecule has 3 unspecified atom stereocenters. The predicted molar refractivity (Wildman–Crippen MR) is 145 cm³/mol. The van der Waals surface area contributed by atoms with Crippen molar-refractivity contribution in [1.29, 1.82) is 0 Å². The van der Waals surface area contributed by atoms with Crippen molar-refractivity contribution in [3.8, 4) is 0 Å². The normalized spacial score (nSPS) is 30.8. The van der Waals surface area contributed by atoms with Gasteiger partial charge < -0.3 is 19.6 Å². The van der Waals surface area contributed by atoms with Crippen molar-refractivity contribution in [2.45, 2.75) is 68.5 Å². The maximum atomic E-state index is 14.4. The lowest BCUT2D eigenvalue weighted by Crippen LogP contribution is -2.59. The van der Waals surface area contributed by atoms with Crippen molar-refractivity contribution >= 4 is 29.5 Å². The molecule has 3 heterocycles. The topological polar surface area (TPSA) is 87.2 Å². The molecule has 202 valence electrons. The number of hydrogen-bond acceptors (Lipinski definition) is 6. The van der Waals surface area contributed by atoms with Crippen LogP contribution in [0.2, 0.25) is 0 Å². The number of amides is 2. The molecule has 2 bridgehead atoms. The number of carbonyl (C=O) groups is 3. The van der Waals surface area contributed by atoms with Crippen LogP contribution in [0.15, 0.2) is 43.0 Å². The molecule has 0 aromatic heterocycles. The zero-order valence-electron chi connectivity index (χ0n) is 22.2. The van der Waals surface area contributed by atoms with Crippen LogP contribution in [0.1, 0.15) is 45.6 Å². The van der Waals surface area contributed by atoms with Gasteiger partial charge in [-0.3, -0.25) is 14.4 Å². The number of benzene rings is 1. The van der Waals surface area contributed by atoms with Crippen molar-refractivity contribution in [1.82, 2.24) is 9.80 Å². The lowest BCUT2D eigenvalue weighted by molar-refractivity contribution is -0.154. The second-order valence-electron chi connectivity index (χ2n) is 10.5. The number of esters is 1. The summed E-state index contributed by atoms with van der Waals surface area (Å²) in [5.41, 5.74) is 0.982. The lowest BCUT2D eigenvalue weighted by Gasteiger charge is -2.42. The van der Waals surface area contributed by atoms with Crippen molar-refractivity contribution in [3.05, 3.63) is 48.6 Å². The SMILES string of the molecule is C=CCN(CCCC)C(=O)C1N([C@@H](CO)Cc2ccccc2)C(=O)[C@@H]2[C@@H](C(=O)OCC)[C@H]3CC(C)C12S3. The molecule has 7 nitrogen and oxygen atoms in total. The summed E-state index contributed by atoms with van der Waals surface area (Å²) in [6.45, 7) is 10.8. The highest BCUT2D eigenvalue weighted by Crippen LogP contribution is 2.69. The van der Waals surface area contributed by atoms with E-state index in [4.69, 9.17) is 4.74 Å². The standard InChI is InChI=1S/C29H40N2O5S/c1-5-8-15-30(14-6-2)27(34)25-29-19(4)16-22(37-29)23(28(35)36-7-3)24(29)26(33)31(25)21(18-32)17-20-12-10-9-11-13-20/h6,9-13,19,21-25,32H,2,5,7-8,14-18H2,1,3-4H3/t19?,21-,22-,23+,24+,25?,29?/m1/s1. The smallest absolute Gasteiger partial charge is 0.310 e. The molecule has 3 fully saturated rings. The Hall–Kier alpha value is -2.32. The van der Waals surface area contributed by atoms with Crippen LogP contribution in [-0.2, 0) is 25.5 Å². The second kappa shape index (κ2) is 11.6. The van der Waals surface area contributed by atoms with Crippen molar-refractivity contribution in [2.75, 3.05) is 26.3 Å². The molecule has 1 aromatic rings. The third kappa shape index (κ3) is 4.71. The average Bonchev–Trinajstić information content (AvgIpc) is 3.49. The van der Waals surface area contributed by atoms with E-state index in [1.807, 2.05) is 30.3 Å². The molecular weight excluding hydrogens is 488 g/mol. The minimum Gasteiger partial charge on any atom is -0.466 e. The zero-order chi connectivity index (χ0) is 26.7. The summed E-state index contributed by atoms with van der Waals surface area (Å²) in [5, 5.41) is 10.5. The van der Waals surface area contributed by atoms with Gasteiger partial charge in [0.2, 0.25) is 11.8 Å². The van der Waals surface area contributed by atoms with Gasteiger partial charge in [0.25, 0.3) is 0 Å². The van der Waals surface area contributed by atoms with E-state index in [0.29, 0.717) is 19.5 Å². The molecule has 3 aliphatic rings. The van der Waals surface area contributed by atoms with Gasteiger partial charge in [0, 0.05) is 18.3 Å². The van der Waals surface area contributed by atoms with E-state index in [-0.39, 0.29) is 42.2 Å². The van der Waals surface area contributed by atoms with E-state index in [0.717, 1.165) is 24.8 Å². The second-order valence-corrected chi connectivity index (χ2v) is 12.1. The molecule has 0 saturated carbocycles. The van der Waals surface area contributed by atoms with Crippen molar-refractivity contribution < 1.29 is 24.2 Å². The molecule has 1 N–H and O–H groups in total. The third-order valence-corrected chi connectivity index (χ3v) is 10.4. The number of aliphatic hydroxyl groups is 1. The van der Waals surface area contributed by atoms with Crippen LogP contribution >= 0.6 is 11.8 Å². The van der Waals surface area contributed by atoms with Crippen LogP contribution in [0.25, 0.3) is 0 Å². The summed E-state index contributed by atoms with van der Waals surface area (Å²) in [7, 11) is 0. The highest BCUT2D eigenvalue weighted by Gasteiger charge is 2.77. The van der Waals surface area contributed by atoms with Gasteiger partial charge >= 0.3 is 5.97 Å². The van der Waals surface area contributed by atoms with E-state index in [2.05, 4.69) is 20.4 Å². The van der Waals surface area contributed by atoms with E-state index >= 15 is 0 Å². The Labute approximate surface area is 224 Å². The number of carbonyl (C=O) groups excluding carboxylic acids is 3. The number of nitrogens with zero attached hydrogens (tertiary/aromatic N) is 2. The first-order chi connectivity index (χ1) is 17.8. The van der Waals surface area contributed by atoms with E-state index in [9.17, 15) is 19.5 Å². The quantitative estimate of drug-likeness (QED) is 0.331. The Kier molecular flexibility index (Phi) is 8.69. The maximum Gasteiger partial charge on any atom is 0.310 e. The van der Waals surface area contributed by atoms with E-state index in [1.165, 1.54) is 0 Å². The molecule has 3 saturated heterocycles. The molecule has 2 amide bonds. The fourth-order valence-corrected chi connectivity index (χ4v) is 9.14. The van der Waals surface area contributed by atoms with Gasteiger partial charge in [0.1, 0.15) is 6.04 Å². The Morgan fingerprint density at radius 2 is 2.05 bits per heavy atom. The lowest BCUT2D eigenvalue weighted by atomic mass is 9.66. The van der Waals surface area contributed by atoms with Gasteiger partial charge in [-0.05, 0) is 37.7 Å². The number of thioether (sulfide) groups is 1. The summed E-state index contributed by atoms with van der Waals surface area (Å²) < 4.78 is 4.71. The summed E-state index contributed by atoms with van der Waals surface area (Å²) in [4.78, 5) is 45.4. The number of likely N-dealkylation sites (tertiary alicyclic amines) is 1. The Balaban J connectivity index is 1.80. The largest absolute Gasteiger partial charge is 0.466 e. The first-order valence-electron chi connectivity index (χ1n) is 13.6. The van der Waals surface area contributed by atoms with E-state index < -0.39 is 28.7 Å². The molecule has 1 aromatic carbocycles. The highest BCUT2D eigenvalue weighted by molar-refractivity contribution is 8.02. The molecule has 4 rings (SSSR count). The van der Waals surface area contributed by atoms with Crippen LogP contribution in [0.3, 0.4) is 0 Å². The fraction of sp³-hybridized carbons (Fsp3) is 0.621. The van der Waals surface area contributed by atoms with Crippen LogP contribution in [-0.4, -0.2) is 81.1 Å². The number of fused-ring (bicyclic) bond motifs is 1. The van der Waals surface area contributed by atoms with Gasteiger partial charge in [-0.1, -0.05) is 56.7 Å². The van der Waals surface area contributed by atoms with Crippen LogP contribution < -0.4 is 0 Å². The number of ether oxygens (including phenoxy) is 1. The number of aliphatic hydroxyl groups excluding tert-OH is 1. The number of hydrogen-bond donors (Lipinski definition) is 1. The number of rotatable bonds is 12. The summed E-state index contributed by atoms with van der Waals surface area (Å²) in [6.07, 6.45) is 4.70. The molecule has 0 radical (unpaired) electrons. The molecular formula is C29H40N2O5S. The van der Waals surface area contributed by atoms with Gasteiger partial charge in [0.15, 0.2) is 0 Å².